The molecule has 0 spiro atoms. The fraction of sp³-hybridized carbons (Fsp3) is 0.923. The molecule has 2 atom stereocenters. The Labute approximate surface area is 98.6 Å². The van der Waals surface area contributed by atoms with E-state index in [0.717, 1.165) is 0 Å². The van der Waals surface area contributed by atoms with Crippen molar-refractivity contribution in [2.75, 3.05) is 0 Å². The summed E-state index contributed by atoms with van der Waals surface area (Å²) in [4.78, 5) is 11.1. The third-order valence-electron chi connectivity index (χ3n) is 3.73. The first kappa shape index (κ1) is 13.5. The minimum Gasteiger partial charge on any atom is -0.480 e. The van der Waals surface area contributed by atoms with Gasteiger partial charge in [-0.25, -0.2) is 0 Å². The maximum atomic E-state index is 11.1. The van der Waals surface area contributed by atoms with Gasteiger partial charge >= 0.3 is 5.97 Å². The monoisotopic (exact) mass is 227 g/mol. The Morgan fingerprint density at radius 1 is 1.19 bits per heavy atom. The summed E-state index contributed by atoms with van der Waals surface area (Å²) in [5, 5.41) is 12.4. The highest BCUT2D eigenvalue weighted by Crippen LogP contribution is 2.26. The standard InChI is InChI=1S/C13H25NO2/c1-9(2)12(13(15)16)14-10(3)11-7-5-4-6-8-11/h9-12,14H,4-8H2,1-3H3,(H,15,16). The molecule has 16 heavy (non-hydrogen) atoms. The number of carboxylic acids is 1. The van der Waals surface area contributed by atoms with Crippen molar-refractivity contribution in [3.63, 3.8) is 0 Å². The van der Waals surface area contributed by atoms with Crippen molar-refractivity contribution in [3.05, 3.63) is 0 Å². The molecule has 1 fully saturated rings. The zero-order valence-electron chi connectivity index (χ0n) is 10.7. The SMILES string of the molecule is CC(C)C(NC(C)C1CCCCC1)C(=O)O. The third-order valence-corrected chi connectivity index (χ3v) is 3.73. The van der Waals surface area contributed by atoms with Gasteiger partial charge in [-0.3, -0.25) is 4.79 Å². The molecule has 0 aliphatic heterocycles. The van der Waals surface area contributed by atoms with Crippen LogP contribution in [0.5, 0.6) is 0 Å². The minimum absolute atomic E-state index is 0.142. The Balaban J connectivity index is 2.46. The second-order valence-corrected chi connectivity index (χ2v) is 5.41. The Kier molecular flexibility index (Phi) is 5.26. The molecule has 2 N–H and O–H groups in total. The van der Waals surface area contributed by atoms with Crippen LogP contribution in [0.1, 0.15) is 52.9 Å². The number of nitrogens with one attached hydrogen (secondary N) is 1. The Morgan fingerprint density at radius 2 is 1.75 bits per heavy atom. The lowest BCUT2D eigenvalue weighted by Crippen LogP contribution is -2.48. The van der Waals surface area contributed by atoms with Crippen molar-refractivity contribution in [2.24, 2.45) is 11.8 Å². The number of hydrogen-bond donors (Lipinski definition) is 2. The van der Waals surface area contributed by atoms with Crippen LogP contribution in [-0.4, -0.2) is 23.2 Å². The summed E-state index contributed by atoms with van der Waals surface area (Å²) < 4.78 is 0. The fourth-order valence-electron chi connectivity index (χ4n) is 2.60. The normalized spacial score (nSPS) is 22.0. The maximum Gasteiger partial charge on any atom is 0.320 e. The van der Waals surface area contributed by atoms with Gasteiger partial charge in [0, 0.05) is 6.04 Å². The van der Waals surface area contributed by atoms with Crippen molar-refractivity contribution in [1.29, 1.82) is 0 Å². The summed E-state index contributed by atoms with van der Waals surface area (Å²) >= 11 is 0. The highest BCUT2D eigenvalue weighted by molar-refractivity contribution is 5.73. The number of hydrogen-bond acceptors (Lipinski definition) is 2. The van der Waals surface area contributed by atoms with Crippen molar-refractivity contribution in [3.8, 4) is 0 Å². The molecule has 1 aliphatic rings. The van der Waals surface area contributed by atoms with Crippen molar-refractivity contribution >= 4 is 5.97 Å². The van der Waals surface area contributed by atoms with Crippen LogP contribution in [-0.2, 0) is 4.79 Å². The summed E-state index contributed by atoms with van der Waals surface area (Å²) in [5.41, 5.74) is 0. The molecule has 0 aromatic rings. The number of rotatable bonds is 5. The predicted molar refractivity (Wildman–Crippen MR) is 65.4 cm³/mol. The molecule has 1 aliphatic carbocycles. The molecule has 0 heterocycles. The molecule has 3 heteroatoms. The lowest BCUT2D eigenvalue weighted by molar-refractivity contribution is -0.141. The van der Waals surface area contributed by atoms with Crippen LogP contribution in [0.4, 0.5) is 0 Å². The molecule has 0 aromatic carbocycles. The molecule has 2 unspecified atom stereocenters. The maximum absolute atomic E-state index is 11.1. The largest absolute Gasteiger partial charge is 0.480 e. The van der Waals surface area contributed by atoms with Crippen molar-refractivity contribution < 1.29 is 9.90 Å². The first-order chi connectivity index (χ1) is 7.52. The molecule has 1 rings (SSSR count). The van der Waals surface area contributed by atoms with Gasteiger partial charge in [0.05, 0.1) is 0 Å². The fourth-order valence-corrected chi connectivity index (χ4v) is 2.60. The van der Waals surface area contributed by atoms with Gasteiger partial charge in [-0.2, -0.15) is 0 Å². The summed E-state index contributed by atoms with van der Waals surface area (Å²) in [6.45, 7) is 6.05. The van der Waals surface area contributed by atoms with E-state index in [-0.39, 0.29) is 5.92 Å². The van der Waals surface area contributed by atoms with E-state index < -0.39 is 12.0 Å². The summed E-state index contributed by atoms with van der Waals surface area (Å²) in [7, 11) is 0. The molecule has 0 saturated heterocycles. The zero-order chi connectivity index (χ0) is 12.1. The molecule has 3 nitrogen and oxygen atoms in total. The lowest BCUT2D eigenvalue weighted by Gasteiger charge is -2.31. The van der Waals surface area contributed by atoms with Gasteiger partial charge in [0.15, 0.2) is 0 Å². The van der Waals surface area contributed by atoms with Crippen LogP contribution in [0.15, 0.2) is 0 Å². The van der Waals surface area contributed by atoms with Gasteiger partial charge in [-0.15, -0.1) is 0 Å². The van der Waals surface area contributed by atoms with Crippen molar-refractivity contribution in [2.45, 2.75) is 65.0 Å². The topological polar surface area (TPSA) is 49.3 Å². The van der Waals surface area contributed by atoms with E-state index in [9.17, 15) is 4.79 Å². The Bertz CT molecular complexity index is 222. The lowest BCUT2D eigenvalue weighted by atomic mass is 9.84. The van der Waals surface area contributed by atoms with E-state index in [1.54, 1.807) is 0 Å². The molecule has 94 valence electrons. The first-order valence-electron chi connectivity index (χ1n) is 6.51. The minimum atomic E-state index is -0.724. The average Bonchev–Trinajstić information content (AvgIpc) is 2.25. The molecular weight excluding hydrogens is 202 g/mol. The molecule has 0 radical (unpaired) electrons. The van der Waals surface area contributed by atoms with Crippen LogP contribution in [0.3, 0.4) is 0 Å². The van der Waals surface area contributed by atoms with E-state index in [1.807, 2.05) is 13.8 Å². The second-order valence-electron chi connectivity index (χ2n) is 5.41. The molecule has 0 aromatic heterocycles. The predicted octanol–water partition coefficient (Wildman–Crippen LogP) is 2.65. The van der Waals surface area contributed by atoms with E-state index >= 15 is 0 Å². The Hall–Kier alpha value is -0.570. The number of carboxylic acid groups (broad SMARTS) is 1. The van der Waals surface area contributed by atoms with Crippen LogP contribution < -0.4 is 5.32 Å². The highest BCUT2D eigenvalue weighted by Gasteiger charge is 2.27. The van der Waals surface area contributed by atoms with Crippen LogP contribution in [0.2, 0.25) is 0 Å². The highest BCUT2D eigenvalue weighted by atomic mass is 16.4. The van der Waals surface area contributed by atoms with Gasteiger partial charge in [0.1, 0.15) is 6.04 Å². The van der Waals surface area contributed by atoms with Crippen LogP contribution >= 0.6 is 0 Å². The summed E-state index contributed by atoms with van der Waals surface area (Å²) in [5.74, 6) is 0.0792. The van der Waals surface area contributed by atoms with Crippen molar-refractivity contribution in [1.82, 2.24) is 5.32 Å². The van der Waals surface area contributed by atoms with Crippen LogP contribution in [0, 0.1) is 11.8 Å². The summed E-state index contributed by atoms with van der Waals surface area (Å²) in [6.07, 6.45) is 6.44. The van der Waals surface area contributed by atoms with Gasteiger partial charge in [0.25, 0.3) is 0 Å². The summed E-state index contributed by atoms with van der Waals surface area (Å²) in [6, 6.07) is -0.0827. The zero-order valence-corrected chi connectivity index (χ0v) is 10.7. The molecule has 0 bridgehead atoms. The average molecular weight is 227 g/mol. The van der Waals surface area contributed by atoms with E-state index in [4.69, 9.17) is 5.11 Å². The van der Waals surface area contributed by atoms with Gasteiger partial charge in [-0.1, -0.05) is 33.1 Å². The molecule has 1 saturated carbocycles. The van der Waals surface area contributed by atoms with Gasteiger partial charge in [-0.05, 0) is 31.6 Å². The number of aliphatic carboxylic acids is 1. The van der Waals surface area contributed by atoms with Crippen LogP contribution in [0.25, 0.3) is 0 Å². The Morgan fingerprint density at radius 3 is 2.19 bits per heavy atom. The van der Waals surface area contributed by atoms with E-state index in [1.165, 1.54) is 32.1 Å². The van der Waals surface area contributed by atoms with E-state index in [2.05, 4.69) is 12.2 Å². The number of carbonyl (C=O) groups is 1. The molecule has 0 amide bonds. The van der Waals surface area contributed by atoms with Gasteiger partial charge < -0.3 is 10.4 Å². The van der Waals surface area contributed by atoms with E-state index in [0.29, 0.717) is 12.0 Å². The first-order valence-corrected chi connectivity index (χ1v) is 6.51. The molecular formula is C13H25NO2. The smallest absolute Gasteiger partial charge is 0.320 e. The second kappa shape index (κ2) is 6.24. The van der Waals surface area contributed by atoms with Gasteiger partial charge in [0.2, 0.25) is 0 Å². The third kappa shape index (κ3) is 3.78. The quantitative estimate of drug-likeness (QED) is 0.759.